The summed E-state index contributed by atoms with van der Waals surface area (Å²) in [6, 6.07) is 5.08. The van der Waals surface area contributed by atoms with Gasteiger partial charge < -0.3 is 29.6 Å². The van der Waals surface area contributed by atoms with Crippen LogP contribution in [0.3, 0.4) is 0 Å². The maximum absolute atomic E-state index is 12.8. The van der Waals surface area contributed by atoms with E-state index >= 15 is 0 Å². The molecule has 0 aliphatic rings. The number of allylic oxidation sites excluding steroid dienone is 1. The Morgan fingerprint density at radius 3 is 2.53 bits per heavy atom. The number of amides is 1. The quantitative estimate of drug-likeness (QED) is 0.261. The molecule has 0 aliphatic heterocycles. The fourth-order valence-electron chi connectivity index (χ4n) is 3.45. The number of aromatic hydroxyl groups is 1. The molecule has 2 aromatic heterocycles. The number of furan rings is 1. The Morgan fingerprint density at radius 2 is 1.97 bits per heavy atom. The Hall–Kier alpha value is -3.37. The van der Waals surface area contributed by atoms with Gasteiger partial charge in [-0.15, -0.1) is 0 Å². The predicted molar refractivity (Wildman–Crippen MR) is 134 cm³/mol. The van der Waals surface area contributed by atoms with Crippen molar-refractivity contribution < 1.29 is 18.9 Å². The zero-order valence-electron chi connectivity index (χ0n) is 20.3. The van der Waals surface area contributed by atoms with E-state index in [9.17, 15) is 14.5 Å². The summed E-state index contributed by atoms with van der Waals surface area (Å²) in [4.78, 5) is 14.1. The molecular formula is C24H31N5O4S. The van der Waals surface area contributed by atoms with Gasteiger partial charge in [0.2, 0.25) is 11.6 Å². The first-order valence-electron chi connectivity index (χ1n) is 11.0. The van der Waals surface area contributed by atoms with Crippen LogP contribution in [0.1, 0.15) is 73.3 Å². The van der Waals surface area contributed by atoms with Crippen molar-refractivity contribution in [3.8, 4) is 5.75 Å². The summed E-state index contributed by atoms with van der Waals surface area (Å²) < 4.78 is 26.0. The smallest absolute Gasteiger partial charge is 0.257 e. The Morgan fingerprint density at radius 1 is 1.29 bits per heavy atom. The first kappa shape index (κ1) is 25.3. The molecule has 0 saturated heterocycles. The molecule has 10 heteroatoms. The summed E-state index contributed by atoms with van der Waals surface area (Å²) in [7, 11) is 3.21. The number of aromatic nitrogens is 2. The molecule has 0 radical (unpaired) electrons. The number of carbonyl (C=O) groups is 1. The lowest BCUT2D eigenvalue weighted by atomic mass is 9.98. The molecule has 0 spiro atoms. The highest BCUT2D eigenvalue weighted by atomic mass is 32.2. The number of rotatable bonds is 9. The Kier molecular flexibility index (Phi) is 7.63. The Balaban J connectivity index is 1.95. The zero-order chi connectivity index (χ0) is 25.2. The van der Waals surface area contributed by atoms with E-state index in [2.05, 4.69) is 39.8 Å². The van der Waals surface area contributed by atoms with E-state index < -0.39 is 11.1 Å². The van der Waals surface area contributed by atoms with Crippen LogP contribution in [0.15, 0.2) is 35.5 Å². The van der Waals surface area contributed by atoms with E-state index in [1.54, 1.807) is 39.4 Å². The molecule has 0 saturated carbocycles. The van der Waals surface area contributed by atoms with E-state index in [-0.39, 0.29) is 40.6 Å². The van der Waals surface area contributed by atoms with Crippen molar-refractivity contribution in [3.63, 3.8) is 0 Å². The molecule has 34 heavy (non-hydrogen) atoms. The summed E-state index contributed by atoms with van der Waals surface area (Å²) in [5.74, 6) is 0.907. The fraction of sp³-hybridized carbons (Fsp3) is 0.375. The van der Waals surface area contributed by atoms with Crippen LogP contribution in [0.5, 0.6) is 5.75 Å². The molecular weight excluding hydrogens is 454 g/mol. The van der Waals surface area contributed by atoms with Crippen LogP contribution in [0.25, 0.3) is 5.57 Å². The highest BCUT2D eigenvalue weighted by molar-refractivity contribution is 7.14. The monoisotopic (exact) mass is 485 g/mol. The number of phenols is 1. The summed E-state index contributed by atoms with van der Waals surface area (Å²) >= 11 is -1.82. The Bertz CT molecular complexity index is 1200. The van der Waals surface area contributed by atoms with E-state index in [4.69, 9.17) is 4.42 Å². The fourth-order valence-corrected chi connectivity index (χ4v) is 4.07. The lowest BCUT2D eigenvalue weighted by molar-refractivity contribution is 0.0824. The number of carbonyl (C=O) groups excluding carboxylic acids is 1. The van der Waals surface area contributed by atoms with Crippen LogP contribution in [0, 0.1) is 0 Å². The van der Waals surface area contributed by atoms with Crippen molar-refractivity contribution in [2.75, 3.05) is 24.7 Å². The molecule has 182 valence electrons. The second-order valence-electron chi connectivity index (χ2n) is 8.64. The van der Waals surface area contributed by atoms with Gasteiger partial charge in [-0.1, -0.05) is 39.0 Å². The van der Waals surface area contributed by atoms with Gasteiger partial charge in [0.15, 0.2) is 16.9 Å². The highest BCUT2D eigenvalue weighted by Crippen LogP contribution is 2.38. The second-order valence-corrected chi connectivity index (χ2v) is 9.47. The van der Waals surface area contributed by atoms with E-state index in [0.717, 1.165) is 11.3 Å². The maximum atomic E-state index is 12.8. The van der Waals surface area contributed by atoms with Gasteiger partial charge in [-0.3, -0.25) is 4.79 Å². The first-order chi connectivity index (χ1) is 16.0. The summed E-state index contributed by atoms with van der Waals surface area (Å²) in [6.45, 7) is 11.8. The summed E-state index contributed by atoms with van der Waals surface area (Å²) in [5.41, 5.74) is 2.61. The third kappa shape index (κ3) is 5.23. The lowest BCUT2D eigenvalue weighted by Gasteiger charge is -2.18. The third-order valence-corrected chi connectivity index (χ3v) is 6.12. The van der Waals surface area contributed by atoms with E-state index in [0.29, 0.717) is 23.5 Å². The maximum Gasteiger partial charge on any atom is 0.257 e. The average Bonchev–Trinajstić information content (AvgIpc) is 3.39. The van der Waals surface area contributed by atoms with Crippen LogP contribution in [0.4, 0.5) is 17.3 Å². The molecule has 3 N–H and O–H groups in total. The van der Waals surface area contributed by atoms with Gasteiger partial charge in [0.25, 0.3) is 5.91 Å². The third-order valence-electron chi connectivity index (χ3n) is 5.44. The first-order valence-corrected chi connectivity index (χ1v) is 12.0. The Labute approximate surface area is 202 Å². The zero-order valence-corrected chi connectivity index (χ0v) is 21.1. The minimum Gasteiger partial charge on any atom is -0.546 e. The van der Waals surface area contributed by atoms with Gasteiger partial charge >= 0.3 is 0 Å². The molecule has 0 aliphatic carbocycles. The number of nitrogens with one attached hydrogen (secondary N) is 2. The molecule has 2 heterocycles. The van der Waals surface area contributed by atoms with Crippen molar-refractivity contribution in [2.24, 2.45) is 0 Å². The SMILES string of the molecule is C=C(C)c1ccc(Nc2n[s+]([O-])nc2N[C@H](CC)c2cc(C(C)C)co2)c(O)c1C(=O)N(C)C. The van der Waals surface area contributed by atoms with Crippen molar-refractivity contribution in [3.05, 3.63) is 53.5 Å². The minimum absolute atomic E-state index is 0.122. The van der Waals surface area contributed by atoms with Crippen molar-refractivity contribution in [2.45, 2.75) is 46.1 Å². The number of anilines is 3. The number of benzene rings is 1. The van der Waals surface area contributed by atoms with Crippen molar-refractivity contribution in [1.82, 2.24) is 13.6 Å². The van der Waals surface area contributed by atoms with Gasteiger partial charge in [-0.05, 0) is 42.5 Å². The average molecular weight is 486 g/mol. The molecule has 2 atom stereocenters. The van der Waals surface area contributed by atoms with E-state index in [1.807, 2.05) is 13.0 Å². The van der Waals surface area contributed by atoms with Gasteiger partial charge in [-0.25, -0.2) is 0 Å². The molecule has 1 aromatic carbocycles. The van der Waals surface area contributed by atoms with Crippen LogP contribution < -0.4 is 10.6 Å². The predicted octanol–water partition coefficient (Wildman–Crippen LogP) is 5.67. The second kappa shape index (κ2) is 10.3. The molecule has 3 rings (SSSR count). The van der Waals surface area contributed by atoms with Crippen LogP contribution in [0.2, 0.25) is 0 Å². The molecule has 9 nitrogen and oxygen atoms in total. The normalized spacial score (nSPS) is 12.5. The van der Waals surface area contributed by atoms with E-state index in [1.165, 1.54) is 4.90 Å². The number of hydrogen-bond acceptors (Lipinski definition) is 8. The molecule has 0 fully saturated rings. The van der Waals surface area contributed by atoms with Gasteiger partial charge in [-0.2, -0.15) is 0 Å². The number of phenolic OH excluding ortho intramolecular Hbond substituents is 1. The molecule has 1 amide bonds. The van der Waals surface area contributed by atoms with Crippen molar-refractivity contribution in [1.29, 1.82) is 0 Å². The number of hydrogen-bond donors (Lipinski definition) is 3. The summed E-state index contributed by atoms with van der Waals surface area (Å²) in [6.07, 6.45) is 2.42. The molecule has 3 aromatic rings. The highest BCUT2D eigenvalue weighted by Gasteiger charge is 2.25. The number of nitrogens with zero attached hydrogens (tertiary/aromatic N) is 3. The topological polar surface area (TPSA) is 127 Å². The van der Waals surface area contributed by atoms with Crippen LogP contribution in [-0.2, 0) is 0 Å². The van der Waals surface area contributed by atoms with Crippen molar-refractivity contribution >= 4 is 39.9 Å². The molecule has 0 bridgehead atoms. The van der Waals surface area contributed by atoms with Crippen LogP contribution in [-0.4, -0.2) is 43.3 Å². The van der Waals surface area contributed by atoms with Gasteiger partial charge in [0.05, 0.1) is 23.6 Å². The molecule has 1 unspecified atom stereocenters. The lowest BCUT2D eigenvalue weighted by Crippen LogP contribution is -2.23. The minimum atomic E-state index is -1.82. The standard InChI is InChI=1S/C24H31N5O4S/c1-8-17(19-11-15(12-33-19)13(2)3)25-22-23(28-34(32)27-22)26-18-10-9-16(14(4)5)20(21(18)30)24(31)29(6)7/h9-13,17,30H,4,8H2,1-3,5-7H3,(H,25,27)(H,26,28)/t17-,34?/m1/s1. The van der Waals surface area contributed by atoms with Gasteiger partial charge in [0, 0.05) is 22.8 Å². The van der Waals surface area contributed by atoms with Gasteiger partial charge in [0.1, 0.15) is 5.76 Å². The summed E-state index contributed by atoms with van der Waals surface area (Å²) in [5, 5.41) is 17.2. The largest absolute Gasteiger partial charge is 0.546 e. The van der Waals surface area contributed by atoms with Crippen LogP contribution >= 0.6 is 11.1 Å².